The molecule has 1 unspecified atom stereocenters. The van der Waals surface area contributed by atoms with Gasteiger partial charge >= 0.3 is 6.09 Å². The lowest BCUT2D eigenvalue weighted by Gasteiger charge is -2.37. The van der Waals surface area contributed by atoms with Crippen molar-refractivity contribution >= 4 is 17.9 Å². The van der Waals surface area contributed by atoms with Gasteiger partial charge in [0.1, 0.15) is 5.60 Å². The average Bonchev–Trinajstić information content (AvgIpc) is 2.24. The highest BCUT2D eigenvalue weighted by atomic mass is 32.2. The average molecular weight is 260 g/mol. The van der Waals surface area contributed by atoms with E-state index >= 15 is 0 Å². The van der Waals surface area contributed by atoms with Crippen LogP contribution in [-0.4, -0.2) is 53.8 Å². The molecule has 0 spiro atoms. The van der Waals surface area contributed by atoms with Crippen LogP contribution in [0, 0.1) is 0 Å². The van der Waals surface area contributed by atoms with Crippen LogP contribution in [0.15, 0.2) is 0 Å². The number of thioether (sulfide) groups is 1. The third-order valence-corrected chi connectivity index (χ3v) is 3.52. The second-order valence-corrected chi connectivity index (χ2v) is 6.51. The van der Waals surface area contributed by atoms with Crippen molar-refractivity contribution in [2.75, 3.05) is 31.1 Å². The van der Waals surface area contributed by atoms with Crippen molar-refractivity contribution in [1.29, 1.82) is 0 Å². The van der Waals surface area contributed by atoms with Crippen LogP contribution in [0.25, 0.3) is 0 Å². The molecule has 0 aromatic heterocycles. The Hall–Kier alpha value is -0.420. The van der Waals surface area contributed by atoms with Crippen molar-refractivity contribution in [3.8, 4) is 0 Å². The minimum atomic E-state index is -0.412. The highest BCUT2D eigenvalue weighted by Gasteiger charge is 2.29. The summed E-state index contributed by atoms with van der Waals surface area (Å²) in [5, 5.41) is 3.33. The molecule has 1 heterocycles. The van der Waals surface area contributed by atoms with E-state index in [0.29, 0.717) is 0 Å². The molecule has 5 heteroatoms. The molecule has 0 aromatic rings. The van der Waals surface area contributed by atoms with Gasteiger partial charge < -0.3 is 15.0 Å². The van der Waals surface area contributed by atoms with Gasteiger partial charge in [-0.3, -0.25) is 0 Å². The predicted octanol–water partition coefficient (Wildman–Crippen LogP) is 1.95. The number of piperazine rings is 1. The SMILES string of the molecule is CCSCC1CNCCN1C(=O)OC(C)(C)C. The third-order valence-electron chi connectivity index (χ3n) is 2.49. The first-order chi connectivity index (χ1) is 7.94. The smallest absolute Gasteiger partial charge is 0.410 e. The molecule has 1 fully saturated rings. The Balaban J connectivity index is 2.54. The van der Waals surface area contributed by atoms with E-state index in [1.807, 2.05) is 37.4 Å². The minimum Gasteiger partial charge on any atom is -0.444 e. The van der Waals surface area contributed by atoms with Crippen LogP contribution in [0.5, 0.6) is 0 Å². The maximum Gasteiger partial charge on any atom is 0.410 e. The Morgan fingerprint density at radius 3 is 2.82 bits per heavy atom. The standard InChI is InChI=1S/C12H24N2O2S/c1-5-17-9-10-8-13-6-7-14(10)11(15)16-12(2,3)4/h10,13H,5-9H2,1-4H3. The molecule has 1 rings (SSSR count). The number of carbonyl (C=O) groups is 1. The molecule has 0 saturated carbocycles. The molecule has 1 aliphatic heterocycles. The molecule has 0 radical (unpaired) electrons. The lowest BCUT2D eigenvalue weighted by Crippen LogP contribution is -2.55. The van der Waals surface area contributed by atoms with Crippen molar-refractivity contribution in [3.63, 3.8) is 0 Å². The molecule has 1 N–H and O–H groups in total. The fourth-order valence-electron chi connectivity index (χ4n) is 1.72. The topological polar surface area (TPSA) is 41.6 Å². The second kappa shape index (κ2) is 6.50. The van der Waals surface area contributed by atoms with Gasteiger partial charge in [-0.15, -0.1) is 0 Å². The van der Waals surface area contributed by atoms with Crippen molar-refractivity contribution in [3.05, 3.63) is 0 Å². The number of amides is 1. The predicted molar refractivity (Wildman–Crippen MR) is 72.6 cm³/mol. The first-order valence-electron chi connectivity index (χ1n) is 6.22. The highest BCUT2D eigenvalue weighted by Crippen LogP contribution is 2.15. The normalized spacial score (nSPS) is 21.4. The molecule has 1 atom stereocenters. The first-order valence-corrected chi connectivity index (χ1v) is 7.37. The first kappa shape index (κ1) is 14.6. The number of carbonyl (C=O) groups excluding carboxylic acids is 1. The van der Waals surface area contributed by atoms with Crippen LogP contribution in [-0.2, 0) is 4.74 Å². The van der Waals surface area contributed by atoms with Crippen LogP contribution in [0.4, 0.5) is 4.79 Å². The molecule has 1 saturated heterocycles. The largest absolute Gasteiger partial charge is 0.444 e. The summed E-state index contributed by atoms with van der Waals surface area (Å²) in [7, 11) is 0. The van der Waals surface area contributed by atoms with Crippen LogP contribution in [0.3, 0.4) is 0 Å². The molecule has 1 aliphatic rings. The van der Waals surface area contributed by atoms with Crippen molar-refractivity contribution in [2.24, 2.45) is 0 Å². The number of nitrogens with zero attached hydrogens (tertiary/aromatic N) is 1. The van der Waals surface area contributed by atoms with Crippen molar-refractivity contribution < 1.29 is 9.53 Å². The minimum absolute atomic E-state index is 0.180. The third kappa shape index (κ3) is 5.17. The molecule has 0 aliphatic carbocycles. The molecule has 17 heavy (non-hydrogen) atoms. The Morgan fingerprint density at radius 1 is 1.53 bits per heavy atom. The Kier molecular flexibility index (Phi) is 5.59. The second-order valence-electron chi connectivity index (χ2n) is 5.19. The summed E-state index contributed by atoms with van der Waals surface area (Å²) < 4.78 is 5.44. The van der Waals surface area contributed by atoms with Crippen LogP contribution in [0.1, 0.15) is 27.7 Å². The van der Waals surface area contributed by atoms with Gasteiger partial charge in [0.15, 0.2) is 0 Å². The summed E-state index contributed by atoms with van der Waals surface area (Å²) in [4.78, 5) is 13.9. The number of rotatable bonds is 3. The van der Waals surface area contributed by atoms with Crippen molar-refractivity contribution in [1.82, 2.24) is 10.2 Å². The number of hydrogen-bond acceptors (Lipinski definition) is 4. The number of hydrogen-bond donors (Lipinski definition) is 1. The van der Waals surface area contributed by atoms with E-state index in [4.69, 9.17) is 4.74 Å². The summed E-state index contributed by atoms with van der Waals surface area (Å²) in [5.74, 6) is 2.06. The molecule has 1 amide bonds. The zero-order chi connectivity index (χ0) is 12.9. The van der Waals surface area contributed by atoms with E-state index < -0.39 is 5.60 Å². The lowest BCUT2D eigenvalue weighted by atomic mass is 10.2. The van der Waals surface area contributed by atoms with Gasteiger partial charge in [-0.05, 0) is 26.5 Å². The Bertz CT molecular complexity index is 253. The zero-order valence-corrected chi connectivity index (χ0v) is 12.1. The summed E-state index contributed by atoms with van der Waals surface area (Å²) >= 11 is 1.86. The van der Waals surface area contributed by atoms with Crippen LogP contribution in [0.2, 0.25) is 0 Å². The van der Waals surface area contributed by atoms with Gasteiger partial charge in [-0.25, -0.2) is 4.79 Å². The molecule has 0 aromatic carbocycles. The van der Waals surface area contributed by atoms with Gasteiger partial charge in [0.25, 0.3) is 0 Å². The summed E-state index contributed by atoms with van der Waals surface area (Å²) in [6.07, 6.45) is -0.180. The maximum atomic E-state index is 12.1. The Labute approximate surface area is 108 Å². The lowest BCUT2D eigenvalue weighted by molar-refractivity contribution is 0.0146. The fourth-order valence-corrected chi connectivity index (χ4v) is 2.53. The molecule has 0 bridgehead atoms. The monoisotopic (exact) mass is 260 g/mol. The van der Waals surface area contributed by atoms with E-state index in [9.17, 15) is 4.79 Å². The van der Waals surface area contributed by atoms with Crippen molar-refractivity contribution in [2.45, 2.75) is 39.3 Å². The Morgan fingerprint density at radius 2 is 2.24 bits per heavy atom. The van der Waals surface area contributed by atoms with Gasteiger partial charge in [-0.2, -0.15) is 11.8 Å². The summed E-state index contributed by atoms with van der Waals surface area (Å²) in [5.41, 5.74) is -0.412. The van der Waals surface area contributed by atoms with E-state index in [1.165, 1.54) is 0 Å². The van der Waals surface area contributed by atoms with Gasteiger partial charge in [0.05, 0.1) is 6.04 Å². The fraction of sp³-hybridized carbons (Fsp3) is 0.917. The van der Waals surface area contributed by atoms with E-state index in [-0.39, 0.29) is 12.1 Å². The maximum absolute atomic E-state index is 12.1. The van der Waals surface area contributed by atoms with Crippen LogP contribution < -0.4 is 5.32 Å². The molecule has 100 valence electrons. The molecular weight excluding hydrogens is 236 g/mol. The summed E-state index contributed by atoms with van der Waals surface area (Å²) in [6.45, 7) is 10.3. The van der Waals surface area contributed by atoms with Crippen LogP contribution >= 0.6 is 11.8 Å². The van der Waals surface area contributed by atoms with E-state index in [2.05, 4.69) is 12.2 Å². The molecule has 4 nitrogen and oxygen atoms in total. The number of ether oxygens (including phenoxy) is 1. The van der Waals surface area contributed by atoms with Gasteiger partial charge in [-0.1, -0.05) is 6.92 Å². The highest BCUT2D eigenvalue weighted by molar-refractivity contribution is 7.99. The molecular formula is C12H24N2O2S. The van der Waals surface area contributed by atoms with Gasteiger partial charge in [0, 0.05) is 25.4 Å². The van der Waals surface area contributed by atoms with E-state index in [1.54, 1.807) is 0 Å². The summed E-state index contributed by atoms with van der Waals surface area (Å²) in [6, 6.07) is 0.253. The number of nitrogens with one attached hydrogen (secondary N) is 1. The zero-order valence-electron chi connectivity index (χ0n) is 11.3. The quantitative estimate of drug-likeness (QED) is 0.842. The van der Waals surface area contributed by atoms with E-state index in [0.717, 1.165) is 31.1 Å². The van der Waals surface area contributed by atoms with Gasteiger partial charge in [0.2, 0.25) is 0 Å².